The lowest BCUT2D eigenvalue weighted by molar-refractivity contribution is 0.0695. The standard InChI is InChI=1S/C14H10BrNO5/c1-6-8(14(20)21)5-10(13(19)16-6)12(18)9-4-7(15)2-3-11(9)17/h2-5,17H,1H3,(H,16,19)(H,20,21). The Morgan fingerprint density at radius 3 is 2.43 bits per heavy atom. The van der Waals surface area contributed by atoms with Gasteiger partial charge in [-0.1, -0.05) is 15.9 Å². The number of aryl methyl sites for hydroxylation is 1. The van der Waals surface area contributed by atoms with Crippen LogP contribution in [0.4, 0.5) is 0 Å². The van der Waals surface area contributed by atoms with E-state index in [1.807, 2.05) is 0 Å². The number of aromatic hydroxyl groups is 1. The van der Waals surface area contributed by atoms with Crippen molar-refractivity contribution < 1.29 is 19.8 Å². The molecule has 0 radical (unpaired) electrons. The van der Waals surface area contributed by atoms with Crippen molar-refractivity contribution in [3.8, 4) is 5.75 Å². The number of carboxylic acids is 1. The molecule has 0 spiro atoms. The molecule has 0 bridgehead atoms. The van der Waals surface area contributed by atoms with Gasteiger partial charge in [-0.15, -0.1) is 0 Å². The number of hydrogen-bond acceptors (Lipinski definition) is 4. The highest BCUT2D eigenvalue weighted by molar-refractivity contribution is 9.10. The van der Waals surface area contributed by atoms with E-state index in [0.29, 0.717) is 4.47 Å². The van der Waals surface area contributed by atoms with Crippen LogP contribution in [0, 0.1) is 6.92 Å². The number of rotatable bonds is 3. The van der Waals surface area contributed by atoms with Crippen LogP contribution in [0.1, 0.15) is 32.0 Å². The second-order valence-corrected chi connectivity index (χ2v) is 5.26. The molecule has 2 aromatic rings. The molecule has 0 unspecified atom stereocenters. The number of aromatic carboxylic acids is 1. The third-order valence-corrected chi connectivity index (χ3v) is 3.41. The Morgan fingerprint density at radius 2 is 1.81 bits per heavy atom. The molecule has 6 nitrogen and oxygen atoms in total. The molecule has 0 saturated carbocycles. The van der Waals surface area contributed by atoms with Crippen LogP contribution in [-0.4, -0.2) is 26.9 Å². The summed E-state index contributed by atoms with van der Waals surface area (Å²) in [4.78, 5) is 37.6. The molecule has 2 rings (SSSR count). The normalized spacial score (nSPS) is 10.4. The number of carbonyl (C=O) groups is 2. The Kier molecular flexibility index (Phi) is 3.95. The summed E-state index contributed by atoms with van der Waals surface area (Å²) in [5.74, 6) is -2.30. The Hall–Kier alpha value is -2.41. The van der Waals surface area contributed by atoms with Gasteiger partial charge >= 0.3 is 5.97 Å². The van der Waals surface area contributed by atoms with E-state index in [-0.39, 0.29) is 28.1 Å². The number of phenols is 1. The molecule has 1 aromatic heterocycles. The monoisotopic (exact) mass is 351 g/mol. The summed E-state index contributed by atoms with van der Waals surface area (Å²) in [7, 11) is 0. The quantitative estimate of drug-likeness (QED) is 0.733. The zero-order valence-electron chi connectivity index (χ0n) is 10.8. The van der Waals surface area contributed by atoms with E-state index < -0.39 is 17.3 Å². The molecule has 0 aliphatic carbocycles. The third kappa shape index (κ3) is 2.87. The van der Waals surface area contributed by atoms with Gasteiger partial charge in [0.25, 0.3) is 5.56 Å². The fourth-order valence-electron chi connectivity index (χ4n) is 1.85. The van der Waals surface area contributed by atoms with Crippen molar-refractivity contribution in [3.05, 3.63) is 61.5 Å². The highest BCUT2D eigenvalue weighted by Crippen LogP contribution is 2.24. The highest BCUT2D eigenvalue weighted by atomic mass is 79.9. The molecule has 1 heterocycles. The summed E-state index contributed by atoms with van der Waals surface area (Å²) in [5.41, 5.74) is -1.15. The molecule has 0 aliphatic rings. The number of pyridine rings is 1. The van der Waals surface area contributed by atoms with E-state index in [2.05, 4.69) is 20.9 Å². The summed E-state index contributed by atoms with van der Waals surface area (Å²) in [6.45, 7) is 1.43. The molecule has 0 fully saturated rings. The summed E-state index contributed by atoms with van der Waals surface area (Å²) >= 11 is 3.16. The number of hydrogen-bond donors (Lipinski definition) is 3. The van der Waals surface area contributed by atoms with E-state index in [1.165, 1.54) is 25.1 Å². The molecule has 0 amide bonds. The van der Waals surface area contributed by atoms with Crippen LogP contribution in [-0.2, 0) is 0 Å². The van der Waals surface area contributed by atoms with Gasteiger partial charge in [0.15, 0.2) is 0 Å². The van der Waals surface area contributed by atoms with Gasteiger partial charge in [-0.2, -0.15) is 0 Å². The molecule has 21 heavy (non-hydrogen) atoms. The van der Waals surface area contributed by atoms with Crippen molar-refractivity contribution in [3.63, 3.8) is 0 Å². The van der Waals surface area contributed by atoms with Gasteiger partial charge in [-0.05, 0) is 31.2 Å². The van der Waals surface area contributed by atoms with E-state index in [1.54, 1.807) is 0 Å². The van der Waals surface area contributed by atoms with Crippen LogP contribution in [0.2, 0.25) is 0 Å². The van der Waals surface area contributed by atoms with E-state index in [0.717, 1.165) is 6.07 Å². The first kappa shape index (κ1) is 15.0. The second-order valence-electron chi connectivity index (χ2n) is 4.35. The van der Waals surface area contributed by atoms with E-state index in [9.17, 15) is 19.5 Å². The van der Waals surface area contributed by atoms with Crippen LogP contribution >= 0.6 is 15.9 Å². The first-order valence-corrected chi connectivity index (χ1v) is 6.61. The van der Waals surface area contributed by atoms with Crippen molar-refractivity contribution in [2.45, 2.75) is 6.92 Å². The summed E-state index contributed by atoms with van der Waals surface area (Å²) < 4.78 is 0.547. The SMILES string of the molecule is Cc1[nH]c(=O)c(C(=O)c2cc(Br)ccc2O)cc1C(=O)O. The average Bonchev–Trinajstić information content (AvgIpc) is 2.40. The van der Waals surface area contributed by atoms with Crippen molar-refractivity contribution in [2.24, 2.45) is 0 Å². The van der Waals surface area contributed by atoms with Gasteiger partial charge in [-0.3, -0.25) is 9.59 Å². The van der Waals surface area contributed by atoms with Crippen LogP contribution in [0.25, 0.3) is 0 Å². The van der Waals surface area contributed by atoms with Crippen molar-refractivity contribution in [1.29, 1.82) is 0 Å². The molecular weight excluding hydrogens is 342 g/mol. The molecule has 7 heteroatoms. The summed E-state index contributed by atoms with van der Waals surface area (Å²) in [5, 5.41) is 18.8. The lowest BCUT2D eigenvalue weighted by Gasteiger charge is -2.06. The number of H-pyrrole nitrogens is 1. The zero-order valence-corrected chi connectivity index (χ0v) is 12.4. The molecule has 0 aliphatic heterocycles. The summed E-state index contributed by atoms with van der Waals surface area (Å²) in [6, 6.07) is 5.21. The van der Waals surface area contributed by atoms with Crippen LogP contribution < -0.4 is 5.56 Å². The van der Waals surface area contributed by atoms with Crippen LogP contribution in [0.3, 0.4) is 0 Å². The number of carboxylic acid groups (broad SMARTS) is 1. The number of aromatic amines is 1. The minimum atomic E-state index is -1.25. The van der Waals surface area contributed by atoms with Gasteiger partial charge in [0, 0.05) is 10.2 Å². The van der Waals surface area contributed by atoms with Gasteiger partial charge in [0.05, 0.1) is 16.7 Å². The maximum absolute atomic E-state index is 12.3. The van der Waals surface area contributed by atoms with Crippen molar-refractivity contribution >= 4 is 27.7 Å². The minimum absolute atomic E-state index is 0.0879. The number of halogens is 1. The van der Waals surface area contributed by atoms with Crippen LogP contribution in [0.15, 0.2) is 33.5 Å². The van der Waals surface area contributed by atoms with E-state index >= 15 is 0 Å². The maximum atomic E-state index is 12.3. The predicted molar refractivity (Wildman–Crippen MR) is 78.0 cm³/mol. The van der Waals surface area contributed by atoms with Gasteiger partial charge in [0.2, 0.25) is 5.78 Å². The third-order valence-electron chi connectivity index (χ3n) is 2.92. The molecule has 108 valence electrons. The molecular formula is C14H10BrNO5. The first-order chi connectivity index (χ1) is 9.81. The molecule has 0 atom stereocenters. The Bertz CT molecular complexity index is 809. The maximum Gasteiger partial charge on any atom is 0.337 e. The molecule has 0 saturated heterocycles. The number of benzene rings is 1. The molecule has 3 N–H and O–H groups in total. The number of phenolic OH excluding ortho intramolecular Hbond substituents is 1. The Morgan fingerprint density at radius 1 is 1.14 bits per heavy atom. The van der Waals surface area contributed by atoms with Gasteiger partial charge in [0.1, 0.15) is 5.75 Å². The smallest absolute Gasteiger partial charge is 0.337 e. The number of nitrogens with one attached hydrogen (secondary N) is 1. The summed E-state index contributed by atoms with van der Waals surface area (Å²) in [6.07, 6.45) is 0. The number of aromatic nitrogens is 1. The topological polar surface area (TPSA) is 107 Å². The Balaban J connectivity index is 2.64. The average molecular weight is 352 g/mol. The molecule has 1 aromatic carbocycles. The van der Waals surface area contributed by atoms with Crippen molar-refractivity contribution in [1.82, 2.24) is 4.98 Å². The number of ketones is 1. The largest absolute Gasteiger partial charge is 0.507 e. The zero-order chi connectivity index (χ0) is 15.7. The lowest BCUT2D eigenvalue weighted by Crippen LogP contribution is -2.22. The van der Waals surface area contributed by atoms with Crippen LogP contribution in [0.5, 0.6) is 5.75 Å². The fourth-order valence-corrected chi connectivity index (χ4v) is 2.21. The van der Waals surface area contributed by atoms with E-state index in [4.69, 9.17) is 5.11 Å². The van der Waals surface area contributed by atoms with Crippen molar-refractivity contribution in [2.75, 3.05) is 0 Å². The minimum Gasteiger partial charge on any atom is -0.507 e. The fraction of sp³-hybridized carbons (Fsp3) is 0.0714. The number of carbonyl (C=O) groups excluding carboxylic acids is 1. The van der Waals surface area contributed by atoms with Gasteiger partial charge in [-0.25, -0.2) is 4.79 Å². The second kappa shape index (κ2) is 5.53. The highest BCUT2D eigenvalue weighted by Gasteiger charge is 2.20. The predicted octanol–water partition coefficient (Wildman–Crippen LogP) is 2.08. The first-order valence-electron chi connectivity index (χ1n) is 5.81. The Labute approximate surface area is 127 Å². The van der Waals surface area contributed by atoms with Gasteiger partial charge < -0.3 is 15.2 Å². The lowest BCUT2D eigenvalue weighted by atomic mass is 10.0.